The topological polar surface area (TPSA) is 58.7 Å². The van der Waals surface area contributed by atoms with Crippen molar-refractivity contribution in [2.24, 2.45) is 0 Å². The molecule has 1 fully saturated rings. The molecule has 1 aromatic carbocycles. The molecule has 0 bridgehead atoms. The van der Waals surface area contributed by atoms with Crippen LogP contribution in [0.2, 0.25) is 0 Å². The van der Waals surface area contributed by atoms with E-state index in [1.807, 2.05) is 26.0 Å². The minimum absolute atomic E-state index is 0.147. The lowest BCUT2D eigenvalue weighted by molar-refractivity contribution is 0.242. The van der Waals surface area contributed by atoms with Gasteiger partial charge in [0, 0.05) is 42.7 Å². The molecule has 1 aliphatic rings. The van der Waals surface area contributed by atoms with E-state index in [4.69, 9.17) is 15.6 Å². The highest BCUT2D eigenvalue weighted by atomic mass is 16.5. The second-order valence-electron chi connectivity index (χ2n) is 5.78. The highest BCUT2D eigenvalue weighted by Crippen LogP contribution is 2.32. The van der Waals surface area contributed by atoms with Crippen molar-refractivity contribution in [3.8, 4) is 5.75 Å². The number of ether oxygens (including phenoxy) is 1. The first-order valence-electron chi connectivity index (χ1n) is 7.55. The van der Waals surface area contributed by atoms with Crippen molar-refractivity contribution in [1.29, 1.82) is 0 Å². The Morgan fingerprint density at radius 2 is 2.20 bits per heavy atom. The van der Waals surface area contributed by atoms with Crippen LogP contribution in [-0.4, -0.2) is 30.4 Å². The summed E-state index contributed by atoms with van der Waals surface area (Å²) in [7, 11) is 0. The third-order valence-corrected chi connectivity index (χ3v) is 3.69. The van der Waals surface area contributed by atoms with Gasteiger partial charge < -0.3 is 20.5 Å². The standard InChI is InChI=1S/C16H26N2O2/c1-12(2)20-16-10-13(17)9-15(11-16)18-7-3-5-14(18)6-4-8-19/h9-12,14,19H,3-8,17H2,1-2H3. The molecule has 0 radical (unpaired) electrons. The summed E-state index contributed by atoms with van der Waals surface area (Å²) in [6.45, 7) is 5.36. The molecule has 0 aromatic heterocycles. The lowest BCUT2D eigenvalue weighted by Crippen LogP contribution is -2.29. The number of rotatable bonds is 6. The molecule has 1 aromatic rings. The number of hydrogen-bond donors (Lipinski definition) is 2. The molecule has 1 atom stereocenters. The van der Waals surface area contributed by atoms with E-state index >= 15 is 0 Å². The maximum atomic E-state index is 9.01. The monoisotopic (exact) mass is 278 g/mol. The Kier molecular flexibility index (Phi) is 5.12. The third-order valence-electron chi connectivity index (χ3n) is 3.69. The van der Waals surface area contributed by atoms with E-state index in [2.05, 4.69) is 11.0 Å². The van der Waals surface area contributed by atoms with E-state index in [1.165, 1.54) is 12.8 Å². The van der Waals surface area contributed by atoms with Gasteiger partial charge >= 0.3 is 0 Å². The predicted octanol–water partition coefficient (Wildman–Crippen LogP) is 2.80. The number of benzene rings is 1. The molecule has 0 amide bonds. The van der Waals surface area contributed by atoms with E-state index < -0.39 is 0 Å². The van der Waals surface area contributed by atoms with E-state index in [9.17, 15) is 0 Å². The zero-order valence-corrected chi connectivity index (χ0v) is 12.5. The van der Waals surface area contributed by atoms with Gasteiger partial charge in [-0.2, -0.15) is 0 Å². The predicted molar refractivity (Wildman–Crippen MR) is 83.3 cm³/mol. The number of nitrogens with two attached hydrogens (primary N) is 1. The van der Waals surface area contributed by atoms with Crippen LogP contribution in [0.3, 0.4) is 0 Å². The first-order chi connectivity index (χ1) is 9.60. The third kappa shape index (κ3) is 3.79. The molecule has 4 nitrogen and oxygen atoms in total. The lowest BCUT2D eigenvalue weighted by Gasteiger charge is -2.27. The van der Waals surface area contributed by atoms with Crippen LogP contribution in [0.1, 0.15) is 39.5 Å². The quantitative estimate of drug-likeness (QED) is 0.786. The van der Waals surface area contributed by atoms with Gasteiger partial charge in [-0.25, -0.2) is 0 Å². The fourth-order valence-corrected chi connectivity index (χ4v) is 2.91. The Hall–Kier alpha value is -1.42. The molecule has 4 heteroatoms. The van der Waals surface area contributed by atoms with E-state index in [1.54, 1.807) is 0 Å². The average Bonchev–Trinajstić information content (AvgIpc) is 2.83. The molecule has 1 aliphatic heterocycles. The van der Waals surface area contributed by atoms with E-state index in [0.717, 1.165) is 36.5 Å². The first kappa shape index (κ1) is 15.0. The molecule has 0 spiro atoms. The average molecular weight is 278 g/mol. The minimum Gasteiger partial charge on any atom is -0.491 e. The van der Waals surface area contributed by atoms with Gasteiger partial charge in [0.1, 0.15) is 5.75 Å². The number of nitrogens with zero attached hydrogens (tertiary/aromatic N) is 1. The second-order valence-corrected chi connectivity index (χ2v) is 5.78. The fraction of sp³-hybridized carbons (Fsp3) is 0.625. The van der Waals surface area contributed by atoms with Gasteiger partial charge in [0.25, 0.3) is 0 Å². The van der Waals surface area contributed by atoms with Gasteiger partial charge in [-0.1, -0.05) is 0 Å². The summed E-state index contributed by atoms with van der Waals surface area (Å²) in [6, 6.07) is 6.48. The zero-order chi connectivity index (χ0) is 14.5. The molecule has 3 N–H and O–H groups in total. The van der Waals surface area contributed by atoms with E-state index in [-0.39, 0.29) is 12.7 Å². The van der Waals surface area contributed by atoms with Gasteiger partial charge in [0.2, 0.25) is 0 Å². The minimum atomic E-state index is 0.147. The van der Waals surface area contributed by atoms with Crippen LogP contribution in [0.25, 0.3) is 0 Å². The Labute approximate surface area is 121 Å². The summed E-state index contributed by atoms with van der Waals surface area (Å²) >= 11 is 0. The SMILES string of the molecule is CC(C)Oc1cc(N)cc(N2CCCC2CCCO)c1. The van der Waals surface area contributed by atoms with Gasteiger partial charge in [-0.15, -0.1) is 0 Å². The molecule has 1 heterocycles. The van der Waals surface area contributed by atoms with Crippen molar-refractivity contribution in [2.75, 3.05) is 23.8 Å². The number of aliphatic hydroxyl groups is 1. The maximum Gasteiger partial charge on any atom is 0.123 e. The summed E-state index contributed by atoms with van der Waals surface area (Å²) < 4.78 is 5.76. The van der Waals surface area contributed by atoms with E-state index in [0.29, 0.717) is 6.04 Å². The number of anilines is 2. The van der Waals surface area contributed by atoms with Crippen molar-refractivity contribution in [2.45, 2.75) is 51.7 Å². The van der Waals surface area contributed by atoms with Crippen LogP contribution in [0, 0.1) is 0 Å². The Morgan fingerprint density at radius 3 is 2.90 bits per heavy atom. The van der Waals surface area contributed by atoms with Gasteiger partial charge in [0.05, 0.1) is 6.10 Å². The van der Waals surface area contributed by atoms with Crippen LogP contribution in [0.5, 0.6) is 5.75 Å². The molecule has 0 saturated carbocycles. The zero-order valence-electron chi connectivity index (χ0n) is 12.5. The van der Waals surface area contributed by atoms with Crippen molar-refractivity contribution in [1.82, 2.24) is 0 Å². The molecule has 112 valence electrons. The normalized spacial score (nSPS) is 18.8. The second kappa shape index (κ2) is 6.84. The molecule has 2 rings (SSSR count). The summed E-state index contributed by atoms with van der Waals surface area (Å²) in [4.78, 5) is 2.40. The smallest absolute Gasteiger partial charge is 0.123 e. The summed E-state index contributed by atoms with van der Waals surface area (Å²) in [5.74, 6) is 0.836. The molecule has 1 unspecified atom stereocenters. The van der Waals surface area contributed by atoms with Gasteiger partial charge in [-0.05, 0) is 45.6 Å². The van der Waals surface area contributed by atoms with Crippen molar-refractivity contribution in [3.05, 3.63) is 18.2 Å². The fourth-order valence-electron chi connectivity index (χ4n) is 2.91. The molecule has 1 saturated heterocycles. The Bertz CT molecular complexity index is 434. The summed E-state index contributed by atoms with van der Waals surface area (Å²) in [6.07, 6.45) is 4.43. The number of nitrogen functional groups attached to an aromatic ring is 1. The number of aliphatic hydroxyl groups excluding tert-OH is 1. The van der Waals surface area contributed by atoms with Crippen LogP contribution < -0.4 is 15.4 Å². The van der Waals surface area contributed by atoms with Crippen LogP contribution >= 0.6 is 0 Å². The van der Waals surface area contributed by atoms with Crippen molar-refractivity contribution >= 4 is 11.4 Å². The Morgan fingerprint density at radius 1 is 1.40 bits per heavy atom. The molecule has 0 aliphatic carbocycles. The van der Waals surface area contributed by atoms with Gasteiger partial charge in [0.15, 0.2) is 0 Å². The summed E-state index contributed by atoms with van der Waals surface area (Å²) in [5, 5.41) is 9.01. The Balaban J connectivity index is 2.16. The highest BCUT2D eigenvalue weighted by molar-refractivity contribution is 5.61. The summed E-state index contributed by atoms with van der Waals surface area (Å²) in [5.41, 5.74) is 7.88. The maximum absolute atomic E-state index is 9.01. The lowest BCUT2D eigenvalue weighted by atomic mass is 10.1. The van der Waals surface area contributed by atoms with Crippen LogP contribution in [-0.2, 0) is 0 Å². The molecular weight excluding hydrogens is 252 g/mol. The van der Waals surface area contributed by atoms with Crippen molar-refractivity contribution in [3.63, 3.8) is 0 Å². The first-order valence-corrected chi connectivity index (χ1v) is 7.55. The van der Waals surface area contributed by atoms with Crippen LogP contribution in [0.15, 0.2) is 18.2 Å². The molecular formula is C16H26N2O2. The highest BCUT2D eigenvalue weighted by Gasteiger charge is 2.24. The van der Waals surface area contributed by atoms with Gasteiger partial charge in [-0.3, -0.25) is 0 Å². The van der Waals surface area contributed by atoms with Crippen molar-refractivity contribution < 1.29 is 9.84 Å². The number of hydrogen-bond acceptors (Lipinski definition) is 4. The van der Waals surface area contributed by atoms with Crippen LogP contribution in [0.4, 0.5) is 11.4 Å². The largest absolute Gasteiger partial charge is 0.491 e. The molecule has 20 heavy (non-hydrogen) atoms.